The lowest BCUT2D eigenvalue weighted by Gasteiger charge is -2.07. The Morgan fingerprint density at radius 2 is 1.52 bits per heavy atom. The van der Waals surface area contributed by atoms with Crippen molar-refractivity contribution in [2.24, 2.45) is 0 Å². The highest BCUT2D eigenvalue weighted by molar-refractivity contribution is 6.30. The van der Waals surface area contributed by atoms with Crippen molar-refractivity contribution in [3.8, 4) is 22.3 Å². The van der Waals surface area contributed by atoms with E-state index in [0.717, 1.165) is 24.0 Å². The average Bonchev–Trinajstić information content (AvgIpc) is 2.93. The van der Waals surface area contributed by atoms with E-state index in [1.54, 1.807) is 6.07 Å². The smallest absolute Gasteiger partial charge is 0.142 e. The minimum atomic E-state index is -0.375. The highest BCUT2D eigenvalue weighted by Crippen LogP contribution is 2.39. The molecule has 0 N–H and O–H groups in total. The van der Waals surface area contributed by atoms with E-state index in [9.17, 15) is 4.39 Å². The van der Waals surface area contributed by atoms with E-state index in [0.29, 0.717) is 0 Å². The van der Waals surface area contributed by atoms with Crippen molar-refractivity contribution in [1.82, 2.24) is 0 Å². The van der Waals surface area contributed by atoms with Gasteiger partial charge in [0.05, 0.1) is 5.02 Å². The zero-order valence-electron chi connectivity index (χ0n) is 12.9. The molecule has 0 saturated heterocycles. The highest BCUT2D eigenvalue weighted by Gasteiger charge is 2.19. The second kappa shape index (κ2) is 5.50. The zero-order chi connectivity index (χ0) is 16.0. The van der Waals surface area contributed by atoms with Gasteiger partial charge in [-0.3, -0.25) is 0 Å². The fraction of sp³-hybridized carbons (Fsp3) is 0.143. The molecule has 0 saturated carbocycles. The molecule has 3 aromatic carbocycles. The first-order valence-electron chi connectivity index (χ1n) is 7.86. The van der Waals surface area contributed by atoms with Gasteiger partial charge >= 0.3 is 0 Å². The summed E-state index contributed by atoms with van der Waals surface area (Å²) in [5.41, 5.74) is 8.58. The van der Waals surface area contributed by atoms with E-state index in [-0.39, 0.29) is 10.8 Å². The molecule has 0 aromatic heterocycles. The normalized spacial score (nSPS) is 12.1. The SMILES string of the molecule is CCc1ccc2c(c1)Cc1cc(-c3ccc(Cl)c(F)c3)ccc1-2. The summed E-state index contributed by atoms with van der Waals surface area (Å²) in [5.74, 6) is -0.375. The van der Waals surface area contributed by atoms with Crippen molar-refractivity contribution in [3.05, 3.63) is 82.1 Å². The molecule has 1 aliphatic carbocycles. The topological polar surface area (TPSA) is 0 Å². The first kappa shape index (κ1) is 14.5. The van der Waals surface area contributed by atoms with Crippen LogP contribution < -0.4 is 0 Å². The van der Waals surface area contributed by atoms with E-state index < -0.39 is 0 Å². The standard InChI is InChI=1S/C21H16ClF/c1-2-13-3-6-18-16(9-13)11-17-10-14(4-7-19(17)18)15-5-8-20(22)21(23)12-15/h3-10,12H,2,11H2,1H3. The van der Waals surface area contributed by atoms with E-state index in [1.807, 2.05) is 6.07 Å². The molecule has 1 aliphatic rings. The van der Waals surface area contributed by atoms with Gasteiger partial charge in [0.2, 0.25) is 0 Å². The van der Waals surface area contributed by atoms with Gasteiger partial charge in [0, 0.05) is 0 Å². The van der Waals surface area contributed by atoms with E-state index >= 15 is 0 Å². The zero-order valence-corrected chi connectivity index (χ0v) is 13.6. The molecule has 0 bridgehead atoms. The second-order valence-corrected chi connectivity index (χ2v) is 6.43. The molecular weight excluding hydrogens is 307 g/mol. The Labute approximate surface area is 140 Å². The van der Waals surface area contributed by atoms with Crippen molar-refractivity contribution >= 4 is 11.6 Å². The molecule has 0 nitrogen and oxygen atoms in total. The molecule has 3 aromatic rings. The number of fused-ring (bicyclic) bond motifs is 3. The van der Waals surface area contributed by atoms with Crippen molar-refractivity contribution < 1.29 is 4.39 Å². The van der Waals surface area contributed by atoms with Crippen LogP contribution in [0.15, 0.2) is 54.6 Å². The molecule has 0 heterocycles. The monoisotopic (exact) mass is 322 g/mol. The lowest BCUT2D eigenvalue weighted by Crippen LogP contribution is -1.86. The van der Waals surface area contributed by atoms with Crippen LogP contribution in [0.2, 0.25) is 5.02 Å². The van der Waals surface area contributed by atoms with Gasteiger partial charge in [-0.15, -0.1) is 0 Å². The van der Waals surface area contributed by atoms with Crippen LogP contribution in [0.5, 0.6) is 0 Å². The quantitative estimate of drug-likeness (QED) is 0.407. The molecular formula is C21H16ClF. The summed E-state index contributed by atoms with van der Waals surface area (Å²) < 4.78 is 13.7. The highest BCUT2D eigenvalue weighted by atomic mass is 35.5. The van der Waals surface area contributed by atoms with Crippen LogP contribution in [0.25, 0.3) is 22.3 Å². The average molecular weight is 323 g/mol. The molecule has 0 amide bonds. The van der Waals surface area contributed by atoms with Crippen LogP contribution in [0.3, 0.4) is 0 Å². The minimum Gasteiger partial charge on any atom is -0.205 e. The van der Waals surface area contributed by atoms with E-state index in [2.05, 4.69) is 43.3 Å². The Kier molecular flexibility index (Phi) is 3.46. The van der Waals surface area contributed by atoms with Gasteiger partial charge in [-0.25, -0.2) is 4.39 Å². The summed E-state index contributed by atoms with van der Waals surface area (Å²) in [4.78, 5) is 0. The molecule has 0 radical (unpaired) electrons. The minimum absolute atomic E-state index is 0.161. The molecule has 0 spiro atoms. The Morgan fingerprint density at radius 1 is 0.870 bits per heavy atom. The molecule has 4 rings (SSSR count). The largest absolute Gasteiger partial charge is 0.205 e. The summed E-state index contributed by atoms with van der Waals surface area (Å²) in [6.07, 6.45) is 2.00. The van der Waals surface area contributed by atoms with Gasteiger partial charge in [-0.1, -0.05) is 61.0 Å². The maximum absolute atomic E-state index is 13.7. The molecule has 0 fully saturated rings. The lowest BCUT2D eigenvalue weighted by molar-refractivity contribution is 0.629. The Morgan fingerprint density at radius 3 is 2.26 bits per heavy atom. The van der Waals surface area contributed by atoms with Gasteiger partial charge in [0.15, 0.2) is 0 Å². The number of hydrogen-bond acceptors (Lipinski definition) is 0. The van der Waals surface area contributed by atoms with Gasteiger partial charge in [0.25, 0.3) is 0 Å². The Balaban J connectivity index is 1.76. The number of hydrogen-bond donors (Lipinski definition) is 0. The van der Waals surface area contributed by atoms with Gasteiger partial charge in [0.1, 0.15) is 5.82 Å². The summed E-state index contributed by atoms with van der Waals surface area (Å²) in [5, 5.41) is 0.161. The molecule has 23 heavy (non-hydrogen) atoms. The van der Waals surface area contributed by atoms with Crippen LogP contribution >= 0.6 is 11.6 Å². The number of benzene rings is 3. The maximum atomic E-state index is 13.7. The third-order valence-electron chi connectivity index (χ3n) is 4.61. The van der Waals surface area contributed by atoms with Gasteiger partial charge in [-0.05, 0) is 63.9 Å². The molecule has 2 heteroatoms. The first-order chi connectivity index (χ1) is 11.2. The predicted octanol–water partition coefficient (Wildman–Crippen LogP) is 6.28. The van der Waals surface area contributed by atoms with Crippen LogP contribution in [0, 0.1) is 5.82 Å². The number of aryl methyl sites for hydroxylation is 1. The lowest BCUT2D eigenvalue weighted by atomic mass is 9.99. The third-order valence-corrected chi connectivity index (χ3v) is 4.91. The fourth-order valence-corrected chi connectivity index (χ4v) is 3.46. The summed E-state index contributed by atoms with van der Waals surface area (Å²) in [6, 6.07) is 18.1. The van der Waals surface area contributed by atoms with Gasteiger partial charge in [-0.2, -0.15) is 0 Å². The van der Waals surface area contributed by atoms with Crippen LogP contribution in [-0.2, 0) is 12.8 Å². The van der Waals surface area contributed by atoms with Crippen molar-refractivity contribution in [1.29, 1.82) is 0 Å². The molecule has 0 aliphatic heterocycles. The van der Waals surface area contributed by atoms with Crippen molar-refractivity contribution in [3.63, 3.8) is 0 Å². The number of rotatable bonds is 2. The third kappa shape index (κ3) is 2.46. The summed E-state index contributed by atoms with van der Waals surface area (Å²) >= 11 is 5.78. The van der Waals surface area contributed by atoms with Gasteiger partial charge < -0.3 is 0 Å². The maximum Gasteiger partial charge on any atom is 0.142 e. The van der Waals surface area contributed by atoms with Crippen LogP contribution in [-0.4, -0.2) is 0 Å². The molecule has 0 atom stereocenters. The van der Waals surface area contributed by atoms with E-state index in [1.165, 1.54) is 33.9 Å². The van der Waals surface area contributed by atoms with Crippen LogP contribution in [0.4, 0.5) is 4.39 Å². The predicted molar refractivity (Wildman–Crippen MR) is 94.5 cm³/mol. The van der Waals surface area contributed by atoms with E-state index in [4.69, 9.17) is 11.6 Å². The van der Waals surface area contributed by atoms with Crippen molar-refractivity contribution in [2.75, 3.05) is 0 Å². The first-order valence-corrected chi connectivity index (χ1v) is 8.24. The summed E-state index contributed by atoms with van der Waals surface area (Å²) in [6.45, 7) is 2.18. The fourth-order valence-electron chi connectivity index (χ4n) is 3.34. The molecule has 0 unspecified atom stereocenters. The molecule has 114 valence electrons. The number of halogens is 2. The van der Waals surface area contributed by atoms with Crippen molar-refractivity contribution in [2.45, 2.75) is 19.8 Å². The second-order valence-electron chi connectivity index (χ2n) is 6.02. The summed E-state index contributed by atoms with van der Waals surface area (Å²) in [7, 11) is 0. The Bertz CT molecular complexity index is 912. The Hall–Kier alpha value is -2.12. The van der Waals surface area contributed by atoms with Crippen LogP contribution in [0.1, 0.15) is 23.6 Å².